The molecule has 128 valence electrons. The van der Waals surface area contributed by atoms with Crippen molar-refractivity contribution in [2.45, 2.75) is 39.2 Å². The summed E-state index contributed by atoms with van der Waals surface area (Å²) in [7, 11) is 0. The standard InChI is InChI=1S/C17H24N6O/c1-17(2,3)18-15(24)13-9-11-22(12-10-13)16-19-20-21-23(16)14-7-5-4-6-8-14/h4-8,13H,9-12H2,1-3H3,(H,18,24). The van der Waals surface area contributed by atoms with Gasteiger partial charge in [-0.25, -0.2) is 0 Å². The van der Waals surface area contributed by atoms with Crippen molar-refractivity contribution < 1.29 is 4.79 Å². The largest absolute Gasteiger partial charge is 0.351 e. The van der Waals surface area contributed by atoms with E-state index < -0.39 is 0 Å². The Labute approximate surface area is 142 Å². The third kappa shape index (κ3) is 3.72. The lowest BCUT2D eigenvalue weighted by atomic mass is 9.94. The second-order valence-corrected chi connectivity index (χ2v) is 7.23. The fourth-order valence-electron chi connectivity index (χ4n) is 2.93. The number of tetrazole rings is 1. The predicted octanol–water partition coefficient (Wildman–Crippen LogP) is 1.79. The van der Waals surface area contributed by atoms with E-state index in [1.807, 2.05) is 51.1 Å². The molecule has 1 amide bonds. The number of piperidine rings is 1. The van der Waals surface area contributed by atoms with Gasteiger partial charge in [-0.1, -0.05) is 23.3 Å². The molecule has 2 aromatic rings. The third-order valence-corrected chi connectivity index (χ3v) is 4.10. The monoisotopic (exact) mass is 328 g/mol. The highest BCUT2D eigenvalue weighted by atomic mass is 16.2. The van der Waals surface area contributed by atoms with Gasteiger partial charge in [0.05, 0.1) is 5.69 Å². The first-order valence-corrected chi connectivity index (χ1v) is 8.35. The summed E-state index contributed by atoms with van der Waals surface area (Å²) in [5.41, 5.74) is 0.746. The van der Waals surface area contributed by atoms with Crippen molar-refractivity contribution in [2.75, 3.05) is 18.0 Å². The van der Waals surface area contributed by atoms with Crippen molar-refractivity contribution in [3.8, 4) is 5.69 Å². The maximum atomic E-state index is 12.3. The highest BCUT2D eigenvalue weighted by Crippen LogP contribution is 2.23. The van der Waals surface area contributed by atoms with E-state index in [1.54, 1.807) is 4.68 Å². The summed E-state index contributed by atoms with van der Waals surface area (Å²) in [6, 6.07) is 9.84. The quantitative estimate of drug-likeness (QED) is 0.930. The van der Waals surface area contributed by atoms with Gasteiger partial charge in [0, 0.05) is 24.5 Å². The smallest absolute Gasteiger partial charge is 0.250 e. The second-order valence-electron chi connectivity index (χ2n) is 7.23. The zero-order valence-corrected chi connectivity index (χ0v) is 14.4. The Morgan fingerprint density at radius 3 is 2.46 bits per heavy atom. The van der Waals surface area contributed by atoms with Crippen molar-refractivity contribution in [3.05, 3.63) is 30.3 Å². The number of carbonyl (C=O) groups is 1. The number of nitrogens with zero attached hydrogens (tertiary/aromatic N) is 5. The van der Waals surface area contributed by atoms with Crippen LogP contribution < -0.4 is 10.2 Å². The molecule has 1 aromatic heterocycles. The normalized spacial score (nSPS) is 16.2. The number of benzene rings is 1. The molecule has 0 bridgehead atoms. The van der Waals surface area contributed by atoms with Gasteiger partial charge < -0.3 is 10.2 Å². The van der Waals surface area contributed by atoms with Crippen LogP contribution in [0.2, 0.25) is 0 Å². The van der Waals surface area contributed by atoms with Gasteiger partial charge in [-0.2, -0.15) is 4.68 Å². The topological polar surface area (TPSA) is 75.9 Å². The second kappa shape index (κ2) is 6.59. The Morgan fingerprint density at radius 2 is 1.83 bits per heavy atom. The SMILES string of the molecule is CC(C)(C)NC(=O)C1CCN(c2nnnn2-c2ccccc2)CC1. The van der Waals surface area contributed by atoms with Crippen molar-refractivity contribution in [1.29, 1.82) is 0 Å². The van der Waals surface area contributed by atoms with Gasteiger partial charge in [0.1, 0.15) is 0 Å². The fraction of sp³-hybridized carbons (Fsp3) is 0.529. The summed E-state index contributed by atoms with van der Waals surface area (Å²) in [4.78, 5) is 14.5. The molecule has 7 nitrogen and oxygen atoms in total. The van der Waals surface area contributed by atoms with E-state index in [9.17, 15) is 4.79 Å². The van der Waals surface area contributed by atoms with Crippen LogP contribution in [-0.4, -0.2) is 44.7 Å². The summed E-state index contributed by atoms with van der Waals surface area (Å²) in [6.45, 7) is 7.57. The minimum Gasteiger partial charge on any atom is -0.351 e. The molecule has 3 rings (SSSR count). The Balaban J connectivity index is 1.66. The predicted molar refractivity (Wildman–Crippen MR) is 92.0 cm³/mol. The molecule has 24 heavy (non-hydrogen) atoms. The lowest BCUT2D eigenvalue weighted by molar-refractivity contribution is -0.127. The van der Waals surface area contributed by atoms with E-state index in [0.717, 1.165) is 37.6 Å². The Hall–Kier alpha value is -2.44. The summed E-state index contributed by atoms with van der Waals surface area (Å²) in [5.74, 6) is 0.933. The Morgan fingerprint density at radius 1 is 1.17 bits per heavy atom. The number of rotatable bonds is 3. The molecule has 0 spiro atoms. The van der Waals surface area contributed by atoms with Gasteiger partial charge in [0.25, 0.3) is 0 Å². The van der Waals surface area contributed by atoms with Crippen molar-refractivity contribution >= 4 is 11.9 Å². The number of anilines is 1. The van der Waals surface area contributed by atoms with E-state index >= 15 is 0 Å². The van der Waals surface area contributed by atoms with Crippen LogP contribution in [0, 0.1) is 5.92 Å². The van der Waals surface area contributed by atoms with Crippen LogP contribution in [-0.2, 0) is 4.79 Å². The van der Waals surface area contributed by atoms with Gasteiger partial charge >= 0.3 is 0 Å². The van der Waals surface area contributed by atoms with Crippen LogP contribution in [0.25, 0.3) is 5.69 Å². The summed E-state index contributed by atoms with van der Waals surface area (Å²) < 4.78 is 1.75. The first-order chi connectivity index (χ1) is 11.4. The molecule has 1 aromatic carbocycles. The number of para-hydroxylation sites is 1. The number of hydrogen-bond acceptors (Lipinski definition) is 5. The van der Waals surface area contributed by atoms with Crippen LogP contribution in [0.1, 0.15) is 33.6 Å². The molecular formula is C17H24N6O. The molecular weight excluding hydrogens is 304 g/mol. The Kier molecular flexibility index (Phi) is 4.51. The molecule has 0 saturated carbocycles. The zero-order chi connectivity index (χ0) is 17.2. The van der Waals surface area contributed by atoms with E-state index in [4.69, 9.17) is 0 Å². The molecule has 1 aliphatic heterocycles. The van der Waals surface area contributed by atoms with Gasteiger partial charge in [-0.05, 0) is 56.2 Å². The maximum absolute atomic E-state index is 12.3. The molecule has 1 aliphatic rings. The summed E-state index contributed by atoms with van der Waals surface area (Å²) in [5, 5.41) is 15.2. The van der Waals surface area contributed by atoms with E-state index in [1.165, 1.54) is 0 Å². The highest BCUT2D eigenvalue weighted by Gasteiger charge is 2.29. The van der Waals surface area contributed by atoms with Crippen LogP contribution in [0.5, 0.6) is 0 Å². The maximum Gasteiger partial charge on any atom is 0.250 e. The number of carbonyl (C=O) groups excluding carboxylic acids is 1. The first kappa shape index (κ1) is 16.4. The number of nitrogens with one attached hydrogen (secondary N) is 1. The average Bonchev–Trinajstić information content (AvgIpc) is 3.04. The van der Waals surface area contributed by atoms with Crippen molar-refractivity contribution in [1.82, 2.24) is 25.5 Å². The molecule has 1 N–H and O–H groups in total. The zero-order valence-electron chi connectivity index (χ0n) is 14.4. The molecule has 2 heterocycles. The van der Waals surface area contributed by atoms with E-state index in [-0.39, 0.29) is 17.4 Å². The van der Waals surface area contributed by atoms with Crippen LogP contribution in [0.3, 0.4) is 0 Å². The molecule has 0 atom stereocenters. The van der Waals surface area contributed by atoms with Gasteiger partial charge in [0.15, 0.2) is 0 Å². The van der Waals surface area contributed by atoms with E-state index in [0.29, 0.717) is 0 Å². The Bertz CT molecular complexity index is 683. The van der Waals surface area contributed by atoms with Crippen LogP contribution in [0.15, 0.2) is 30.3 Å². The number of aromatic nitrogens is 4. The summed E-state index contributed by atoms with van der Waals surface area (Å²) in [6.07, 6.45) is 1.62. The lowest BCUT2D eigenvalue weighted by Gasteiger charge is -2.33. The molecule has 1 fully saturated rings. The van der Waals surface area contributed by atoms with Crippen molar-refractivity contribution in [2.24, 2.45) is 5.92 Å². The number of hydrogen-bond donors (Lipinski definition) is 1. The molecule has 0 aliphatic carbocycles. The fourth-order valence-corrected chi connectivity index (χ4v) is 2.93. The van der Waals surface area contributed by atoms with Gasteiger partial charge in [-0.3, -0.25) is 4.79 Å². The summed E-state index contributed by atoms with van der Waals surface area (Å²) >= 11 is 0. The van der Waals surface area contributed by atoms with Crippen molar-refractivity contribution in [3.63, 3.8) is 0 Å². The van der Waals surface area contributed by atoms with Crippen LogP contribution >= 0.6 is 0 Å². The first-order valence-electron chi connectivity index (χ1n) is 8.35. The molecule has 1 saturated heterocycles. The molecule has 0 unspecified atom stereocenters. The van der Waals surface area contributed by atoms with Gasteiger partial charge in [-0.15, -0.1) is 0 Å². The van der Waals surface area contributed by atoms with Crippen LogP contribution in [0.4, 0.5) is 5.95 Å². The third-order valence-electron chi connectivity index (χ3n) is 4.10. The minimum absolute atomic E-state index is 0.0570. The average molecular weight is 328 g/mol. The lowest BCUT2D eigenvalue weighted by Crippen LogP contribution is -2.47. The number of amides is 1. The molecule has 7 heteroatoms. The minimum atomic E-state index is -0.189. The highest BCUT2D eigenvalue weighted by molar-refractivity contribution is 5.79. The molecule has 0 radical (unpaired) electrons. The van der Waals surface area contributed by atoms with Gasteiger partial charge in [0.2, 0.25) is 11.9 Å². The van der Waals surface area contributed by atoms with E-state index in [2.05, 4.69) is 25.7 Å².